The highest BCUT2D eigenvalue weighted by molar-refractivity contribution is 7.90. The van der Waals surface area contributed by atoms with Crippen molar-refractivity contribution in [1.29, 1.82) is 0 Å². The van der Waals surface area contributed by atoms with Crippen molar-refractivity contribution in [3.63, 3.8) is 0 Å². The highest BCUT2D eigenvalue weighted by atomic mass is 32.2. The molecule has 1 saturated heterocycles. The molecule has 0 unspecified atom stereocenters. The molecule has 1 aromatic rings. The van der Waals surface area contributed by atoms with Gasteiger partial charge >= 0.3 is 0 Å². The summed E-state index contributed by atoms with van der Waals surface area (Å²) in [5.74, 6) is 0. The maximum atomic E-state index is 11.4. The van der Waals surface area contributed by atoms with Crippen LogP contribution < -0.4 is 5.32 Å². The second-order valence-corrected chi connectivity index (χ2v) is 7.27. The van der Waals surface area contributed by atoms with E-state index in [9.17, 15) is 8.42 Å². The quantitative estimate of drug-likeness (QED) is 0.903. The molecule has 0 atom stereocenters. The molecule has 1 aliphatic rings. The number of rotatable bonds is 4. The number of likely N-dealkylation sites (tertiary alicyclic amines) is 1. The van der Waals surface area contributed by atoms with E-state index in [4.69, 9.17) is 0 Å². The highest BCUT2D eigenvalue weighted by Gasteiger charge is 2.17. The van der Waals surface area contributed by atoms with E-state index < -0.39 is 9.84 Å². The third-order valence-electron chi connectivity index (χ3n) is 3.75. The van der Waals surface area contributed by atoms with Crippen LogP contribution >= 0.6 is 0 Å². The molecule has 1 fully saturated rings. The summed E-state index contributed by atoms with van der Waals surface area (Å²) < 4.78 is 22.8. The molecular formula is C14H22N2O2S. The van der Waals surface area contributed by atoms with Crippen molar-refractivity contribution < 1.29 is 8.42 Å². The first kappa shape index (κ1) is 14.5. The fourth-order valence-corrected chi connectivity index (χ4v) is 3.11. The smallest absolute Gasteiger partial charge is 0.175 e. The van der Waals surface area contributed by atoms with Crippen LogP contribution in [0.2, 0.25) is 0 Å². The van der Waals surface area contributed by atoms with E-state index in [1.54, 1.807) is 12.1 Å². The topological polar surface area (TPSA) is 49.4 Å². The van der Waals surface area contributed by atoms with Crippen LogP contribution in [0.5, 0.6) is 0 Å². The van der Waals surface area contributed by atoms with Gasteiger partial charge in [-0.05, 0) is 50.7 Å². The normalized spacial score (nSPS) is 18.6. The van der Waals surface area contributed by atoms with E-state index in [0.29, 0.717) is 10.9 Å². The Kier molecular flexibility index (Phi) is 4.60. The van der Waals surface area contributed by atoms with E-state index in [1.165, 1.54) is 24.7 Å². The van der Waals surface area contributed by atoms with Crippen LogP contribution in [0.4, 0.5) is 0 Å². The first-order chi connectivity index (χ1) is 8.99. The van der Waals surface area contributed by atoms with Gasteiger partial charge in [0.25, 0.3) is 0 Å². The molecule has 0 bridgehead atoms. The molecule has 1 N–H and O–H groups in total. The lowest BCUT2D eigenvalue weighted by molar-refractivity contribution is 0.194. The molecule has 106 valence electrons. The Morgan fingerprint density at radius 1 is 1.21 bits per heavy atom. The van der Waals surface area contributed by atoms with Gasteiger partial charge in [0.2, 0.25) is 0 Å². The van der Waals surface area contributed by atoms with Gasteiger partial charge in [0.15, 0.2) is 9.84 Å². The van der Waals surface area contributed by atoms with Crippen molar-refractivity contribution in [2.24, 2.45) is 0 Å². The number of sulfone groups is 1. The fraction of sp³-hybridized carbons (Fsp3) is 0.571. The second-order valence-electron chi connectivity index (χ2n) is 5.26. The van der Waals surface area contributed by atoms with E-state index in [-0.39, 0.29) is 0 Å². The lowest BCUT2D eigenvalue weighted by atomic mass is 10.0. The number of piperidine rings is 1. The van der Waals surface area contributed by atoms with Gasteiger partial charge in [-0.1, -0.05) is 12.1 Å². The first-order valence-electron chi connectivity index (χ1n) is 6.67. The van der Waals surface area contributed by atoms with Crippen molar-refractivity contribution in [3.05, 3.63) is 29.8 Å². The van der Waals surface area contributed by atoms with Gasteiger partial charge in [-0.3, -0.25) is 4.90 Å². The Labute approximate surface area is 115 Å². The van der Waals surface area contributed by atoms with Crippen LogP contribution in [0.3, 0.4) is 0 Å². The molecule has 4 nitrogen and oxygen atoms in total. The molecule has 0 aromatic heterocycles. The zero-order valence-corrected chi connectivity index (χ0v) is 12.4. The Morgan fingerprint density at radius 2 is 1.79 bits per heavy atom. The van der Waals surface area contributed by atoms with E-state index in [1.807, 2.05) is 19.2 Å². The molecular weight excluding hydrogens is 260 g/mol. The van der Waals surface area contributed by atoms with Crippen molar-refractivity contribution >= 4 is 9.84 Å². The van der Waals surface area contributed by atoms with E-state index in [2.05, 4.69) is 10.2 Å². The summed E-state index contributed by atoms with van der Waals surface area (Å²) in [4.78, 5) is 2.81. The molecule has 1 heterocycles. The number of nitrogens with one attached hydrogen (secondary N) is 1. The minimum Gasteiger partial charge on any atom is -0.317 e. The van der Waals surface area contributed by atoms with Crippen LogP contribution in [-0.4, -0.2) is 45.8 Å². The van der Waals surface area contributed by atoms with Crippen molar-refractivity contribution in [2.45, 2.75) is 30.3 Å². The number of benzene rings is 1. The Hall–Kier alpha value is -0.910. The molecule has 0 amide bonds. The highest BCUT2D eigenvalue weighted by Crippen LogP contribution is 2.15. The number of nitrogens with zero attached hydrogens (tertiary/aromatic N) is 1. The van der Waals surface area contributed by atoms with Gasteiger partial charge in [-0.25, -0.2) is 8.42 Å². The zero-order chi connectivity index (χ0) is 13.9. The summed E-state index contributed by atoms with van der Waals surface area (Å²) in [6, 6.07) is 7.88. The SMILES string of the molecule is CNC1CCN(Cc2ccc(S(C)(=O)=O)cc2)CC1. The minimum absolute atomic E-state index is 0.394. The number of hydrogen-bond donors (Lipinski definition) is 1. The fourth-order valence-electron chi connectivity index (χ4n) is 2.48. The van der Waals surface area contributed by atoms with Crippen LogP contribution in [0, 0.1) is 0 Å². The van der Waals surface area contributed by atoms with Crippen molar-refractivity contribution in [1.82, 2.24) is 10.2 Å². The molecule has 0 saturated carbocycles. The summed E-state index contributed by atoms with van der Waals surface area (Å²) in [6.45, 7) is 3.10. The van der Waals surface area contributed by atoms with Crippen molar-refractivity contribution in [2.75, 3.05) is 26.4 Å². The summed E-state index contributed by atoms with van der Waals surface area (Å²) in [7, 11) is -1.07. The molecule has 1 aliphatic heterocycles. The average Bonchev–Trinajstić information content (AvgIpc) is 2.39. The molecule has 19 heavy (non-hydrogen) atoms. The van der Waals surface area contributed by atoms with Crippen LogP contribution in [0.25, 0.3) is 0 Å². The Bertz CT molecular complexity index is 503. The molecule has 2 rings (SSSR count). The second kappa shape index (κ2) is 6.03. The van der Waals surface area contributed by atoms with Gasteiger partial charge in [-0.2, -0.15) is 0 Å². The summed E-state index contributed by atoms with van der Waals surface area (Å²) in [5.41, 5.74) is 1.18. The third-order valence-corrected chi connectivity index (χ3v) is 4.88. The zero-order valence-electron chi connectivity index (χ0n) is 11.6. The summed E-state index contributed by atoms with van der Waals surface area (Å²) in [6.07, 6.45) is 3.60. The third kappa shape index (κ3) is 4.03. The molecule has 0 radical (unpaired) electrons. The Morgan fingerprint density at radius 3 is 2.26 bits per heavy atom. The van der Waals surface area contributed by atoms with Gasteiger partial charge in [0.1, 0.15) is 0 Å². The molecule has 0 aliphatic carbocycles. The molecule has 1 aromatic carbocycles. The molecule has 5 heteroatoms. The average molecular weight is 282 g/mol. The standard InChI is InChI=1S/C14H22N2O2S/c1-15-13-7-9-16(10-8-13)11-12-3-5-14(6-4-12)19(2,17)18/h3-6,13,15H,7-11H2,1-2H3. The van der Waals surface area contributed by atoms with E-state index in [0.717, 1.165) is 19.6 Å². The van der Waals surface area contributed by atoms with Gasteiger partial charge in [0, 0.05) is 18.8 Å². The monoisotopic (exact) mass is 282 g/mol. The van der Waals surface area contributed by atoms with Crippen LogP contribution in [-0.2, 0) is 16.4 Å². The van der Waals surface area contributed by atoms with E-state index >= 15 is 0 Å². The molecule has 0 spiro atoms. The number of hydrogen-bond acceptors (Lipinski definition) is 4. The Balaban J connectivity index is 1.94. The van der Waals surface area contributed by atoms with Crippen molar-refractivity contribution in [3.8, 4) is 0 Å². The van der Waals surface area contributed by atoms with Crippen LogP contribution in [0.1, 0.15) is 18.4 Å². The lowest BCUT2D eigenvalue weighted by Gasteiger charge is -2.31. The lowest BCUT2D eigenvalue weighted by Crippen LogP contribution is -2.40. The predicted octanol–water partition coefficient (Wildman–Crippen LogP) is 1.27. The predicted molar refractivity (Wildman–Crippen MR) is 76.9 cm³/mol. The van der Waals surface area contributed by atoms with Crippen LogP contribution in [0.15, 0.2) is 29.2 Å². The summed E-state index contributed by atoms with van der Waals surface area (Å²) in [5, 5.41) is 3.32. The van der Waals surface area contributed by atoms with Gasteiger partial charge in [0.05, 0.1) is 4.90 Å². The maximum absolute atomic E-state index is 11.4. The van der Waals surface area contributed by atoms with Gasteiger partial charge < -0.3 is 5.32 Å². The maximum Gasteiger partial charge on any atom is 0.175 e. The van der Waals surface area contributed by atoms with Gasteiger partial charge in [-0.15, -0.1) is 0 Å². The largest absolute Gasteiger partial charge is 0.317 e. The summed E-state index contributed by atoms with van der Waals surface area (Å²) >= 11 is 0. The first-order valence-corrected chi connectivity index (χ1v) is 8.57. The minimum atomic E-state index is -3.09.